The van der Waals surface area contributed by atoms with Gasteiger partial charge in [0.15, 0.2) is 5.78 Å². The fraction of sp³-hybridized carbons (Fsp3) is 0.263. The molecule has 6 heteroatoms. The van der Waals surface area contributed by atoms with E-state index in [-0.39, 0.29) is 11.3 Å². The summed E-state index contributed by atoms with van der Waals surface area (Å²) >= 11 is 0. The fourth-order valence-electron chi connectivity index (χ4n) is 2.40. The van der Waals surface area contributed by atoms with E-state index in [4.69, 9.17) is 9.84 Å². The Balaban J connectivity index is 2.16. The maximum atomic E-state index is 12.7. The Morgan fingerprint density at radius 2 is 1.56 bits per heavy atom. The Kier molecular flexibility index (Phi) is 6.27. The van der Waals surface area contributed by atoms with Gasteiger partial charge in [-0.25, -0.2) is 4.79 Å². The number of carboxylic acid groups (broad SMARTS) is 1. The minimum Gasteiger partial charge on any atom is -0.478 e. The zero-order chi connectivity index (χ0) is 18.4. The minimum atomic E-state index is -1.02. The number of carboxylic acids is 1. The van der Waals surface area contributed by atoms with Gasteiger partial charge in [0.25, 0.3) is 0 Å². The molecule has 0 saturated carbocycles. The summed E-state index contributed by atoms with van der Waals surface area (Å²) in [4.78, 5) is 27.6. The van der Waals surface area contributed by atoms with Gasteiger partial charge in [0, 0.05) is 5.56 Å². The van der Waals surface area contributed by atoms with Gasteiger partial charge in [0.05, 0.1) is 17.8 Å². The fourth-order valence-corrected chi connectivity index (χ4v) is 2.40. The molecule has 1 N–H and O–H groups in total. The predicted octanol–water partition coefficient (Wildman–Crippen LogP) is 2.40. The van der Waals surface area contributed by atoms with Crippen molar-refractivity contribution in [2.45, 2.75) is 0 Å². The van der Waals surface area contributed by atoms with Crippen LogP contribution in [0.3, 0.4) is 0 Å². The highest BCUT2D eigenvalue weighted by atomic mass is 16.5. The molecule has 0 aliphatic heterocycles. The molecule has 132 valence electrons. The van der Waals surface area contributed by atoms with Crippen molar-refractivity contribution in [3.05, 3.63) is 65.2 Å². The lowest BCUT2D eigenvalue weighted by molar-refractivity contribution is 0.0696. The number of carbonyl (C=O) groups excluding carboxylic acids is 1. The standard InChI is InChI=1S/C19H22N2O4/c1-20(2)12-21(3)13-25-17-7-5-4-6-16(17)18(22)14-8-10-15(11-9-14)19(23)24/h4-11H,12-13H2,1-3H3,(H,23,24). The molecule has 0 saturated heterocycles. The van der Waals surface area contributed by atoms with Crippen LogP contribution in [0, 0.1) is 0 Å². The SMILES string of the molecule is CN(C)CN(C)COc1ccccc1C(=O)c1ccc(C(=O)O)cc1. The quantitative estimate of drug-likeness (QED) is 0.587. The first kappa shape index (κ1) is 18.6. The molecule has 2 rings (SSSR count). The van der Waals surface area contributed by atoms with E-state index in [1.54, 1.807) is 18.2 Å². The first-order valence-electron chi connectivity index (χ1n) is 7.81. The molecular formula is C19H22N2O4. The molecule has 2 aromatic rings. The monoisotopic (exact) mass is 342 g/mol. The van der Waals surface area contributed by atoms with Gasteiger partial charge in [0.2, 0.25) is 0 Å². The first-order chi connectivity index (χ1) is 11.9. The van der Waals surface area contributed by atoms with Crippen LogP contribution < -0.4 is 4.74 Å². The number of ketones is 1. The largest absolute Gasteiger partial charge is 0.478 e. The summed E-state index contributed by atoms with van der Waals surface area (Å²) < 4.78 is 5.79. The second kappa shape index (κ2) is 8.41. The van der Waals surface area contributed by atoms with Crippen molar-refractivity contribution in [3.8, 4) is 5.75 Å². The van der Waals surface area contributed by atoms with Crippen LogP contribution in [0.2, 0.25) is 0 Å². The van der Waals surface area contributed by atoms with Crippen molar-refractivity contribution in [1.82, 2.24) is 9.80 Å². The van der Waals surface area contributed by atoms with E-state index in [0.29, 0.717) is 23.6 Å². The van der Waals surface area contributed by atoms with E-state index in [0.717, 1.165) is 6.67 Å². The van der Waals surface area contributed by atoms with Crippen molar-refractivity contribution in [1.29, 1.82) is 0 Å². The van der Waals surface area contributed by atoms with E-state index in [9.17, 15) is 9.59 Å². The first-order valence-corrected chi connectivity index (χ1v) is 7.81. The Morgan fingerprint density at radius 3 is 2.16 bits per heavy atom. The van der Waals surface area contributed by atoms with E-state index in [2.05, 4.69) is 0 Å². The van der Waals surface area contributed by atoms with Crippen LogP contribution in [0.5, 0.6) is 5.75 Å². The Bertz CT molecular complexity index is 741. The van der Waals surface area contributed by atoms with Gasteiger partial charge in [-0.05, 0) is 45.4 Å². The molecular weight excluding hydrogens is 320 g/mol. The lowest BCUT2D eigenvalue weighted by atomic mass is 10.0. The number of para-hydroxylation sites is 1. The van der Waals surface area contributed by atoms with Gasteiger partial charge in [-0.15, -0.1) is 0 Å². The number of ether oxygens (including phenoxy) is 1. The van der Waals surface area contributed by atoms with Crippen LogP contribution in [0.4, 0.5) is 0 Å². The lowest BCUT2D eigenvalue weighted by Gasteiger charge is -2.22. The summed E-state index contributed by atoms with van der Waals surface area (Å²) in [6.07, 6.45) is 0. The van der Waals surface area contributed by atoms with Gasteiger partial charge >= 0.3 is 5.97 Å². The minimum absolute atomic E-state index is 0.145. The summed E-state index contributed by atoms with van der Waals surface area (Å²) in [5.74, 6) is -0.727. The smallest absolute Gasteiger partial charge is 0.335 e. The topological polar surface area (TPSA) is 70.1 Å². The summed E-state index contributed by atoms with van der Waals surface area (Å²) in [5.41, 5.74) is 1.01. The summed E-state index contributed by atoms with van der Waals surface area (Å²) in [7, 11) is 5.86. The van der Waals surface area contributed by atoms with Gasteiger partial charge in [-0.2, -0.15) is 0 Å². The summed E-state index contributed by atoms with van der Waals surface area (Å²) in [6.45, 7) is 1.08. The molecule has 6 nitrogen and oxygen atoms in total. The third kappa shape index (κ3) is 5.14. The second-order valence-electron chi connectivity index (χ2n) is 6.06. The molecule has 0 aliphatic rings. The van der Waals surface area contributed by atoms with Crippen LogP contribution in [0.1, 0.15) is 26.3 Å². The average Bonchev–Trinajstić information content (AvgIpc) is 2.59. The van der Waals surface area contributed by atoms with Crippen molar-refractivity contribution in [3.63, 3.8) is 0 Å². The summed E-state index contributed by atoms with van der Waals surface area (Å²) in [6, 6.07) is 12.9. The zero-order valence-electron chi connectivity index (χ0n) is 14.6. The molecule has 0 heterocycles. The van der Waals surface area contributed by atoms with E-state index < -0.39 is 5.97 Å². The zero-order valence-corrected chi connectivity index (χ0v) is 14.6. The highest BCUT2D eigenvalue weighted by Gasteiger charge is 2.15. The predicted molar refractivity (Wildman–Crippen MR) is 95.1 cm³/mol. The molecule has 0 fully saturated rings. The molecule has 0 spiro atoms. The number of hydrogen-bond acceptors (Lipinski definition) is 5. The maximum absolute atomic E-state index is 12.7. The van der Waals surface area contributed by atoms with E-state index in [1.807, 2.05) is 37.0 Å². The van der Waals surface area contributed by atoms with E-state index >= 15 is 0 Å². The van der Waals surface area contributed by atoms with Gasteiger partial charge in [0.1, 0.15) is 12.5 Å². The van der Waals surface area contributed by atoms with Crippen molar-refractivity contribution in [2.24, 2.45) is 0 Å². The van der Waals surface area contributed by atoms with Crippen molar-refractivity contribution >= 4 is 11.8 Å². The average molecular weight is 342 g/mol. The molecule has 0 aromatic heterocycles. The van der Waals surface area contributed by atoms with Crippen LogP contribution >= 0.6 is 0 Å². The number of rotatable bonds is 8. The number of carbonyl (C=O) groups is 2. The van der Waals surface area contributed by atoms with Crippen molar-refractivity contribution < 1.29 is 19.4 Å². The molecule has 0 radical (unpaired) electrons. The third-order valence-electron chi connectivity index (χ3n) is 3.49. The number of aromatic carboxylic acids is 1. The number of hydrogen-bond donors (Lipinski definition) is 1. The molecule has 0 unspecified atom stereocenters. The maximum Gasteiger partial charge on any atom is 0.335 e. The van der Waals surface area contributed by atoms with Crippen LogP contribution in [0.25, 0.3) is 0 Å². The van der Waals surface area contributed by atoms with Gasteiger partial charge in [-0.3, -0.25) is 14.6 Å². The highest BCUT2D eigenvalue weighted by Crippen LogP contribution is 2.22. The molecule has 2 aromatic carbocycles. The third-order valence-corrected chi connectivity index (χ3v) is 3.49. The Labute approximate surface area is 147 Å². The van der Waals surface area contributed by atoms with Crippen LogP contribution in [-0.2, 0) is 0 Å². The Hall–Kier alpha value is -2.70. The number of nitrogens with zero attached hydrogens (tertiary/aromatic N) is 2. The normalized spacial score (nSPS) is 10.9. The molecule has 25 heavy (non-hydrogen) atoms. The molecule has 0 amide bonds. The summed E-state index contributed by atoms with van der Waals surface area (Å²) in [5, 5.41) is 8.95. The molecule has 0 bridgehead atoms. The van der Waals surface area contributed by atoms with Crippen LogP contribution in [-0.4, -0.2) is 61.2 Å². The van der Waals surface area contributed by atoms with Crippen molar-refractivity contribution in [2.75, 3.05) is 34.5 Å². The van der Waals surface area contributed by atoms with Gasteiger partial charge in [-0.1, -0.05) is 24.3 Å². The molecule has 0 atom stereocenters. The Morgan fingerprint density at radius 1 is 0.960 bits per heavy atom. The van der Waals surface area contributed by atoms with Crippen LogP contribution in [0.15, 0.2) is 48.5 Å². The second-order valence-corrected chi connectivity index (χ2v) is 6.06. The molecule has 0 aliphatic carbocycles. The van der Waals surface area contributed by atoms with Gasteiger partial charge < -0.3 is 9.84 Å². The number of benzene rings is 2. The lowest BCUT2D eigenvalue weighted by Crippen LogP contribution is -2.33. The van der Waals surface area contributed by atoms with E-state index in [1.165, 1.54) is 24.3 Å². The highest BCUT2D eigenvalue weighted by molar-refractivity contribution is 6.11.